The lowest BCUT2D eigenvalue weighted by atomic mass is 9.84. The van der Waals surface area contributed by atoms with Gasteiger partial charge in [-0.05, 0) is 44.7 Å². The van der Waals surface area contributed by atoms with Crippen molar-refractivity contribution in [2.75, 3.05) is 0 Å². The Bertz CT molecular complexity index is 1710. The van der Waals surface area contributed by atoms with E-state index in [1.54, 1.807) is 18.2 Å². The Morgan fingerprint density at radius 3 is 1.67 bits per heavy atom. The van der Waals surface area contributed by atoms with E-state index in [-0.39, 0.29) is 10.5 Å². The fourth-order valence-electron chi connectivity index (χ4n) is 4.76. The van der Waals surface area contributed by atoms with E-state index < -0.39 is 23.5 Å². The molecule has 0 bridgehead atoms. The third kappa shape index (κ3) is 4.99. The molecule has 5 aromatic rings. The van der Waals surface area contributed by atoms with E-state index in [1.807, 2.05) is 60.7 Å². The Morgan fingerprint density at radius 1 is 0.641 bits per heavy atom. The highest BCUT2D eigenvalue weighted by Crippen LogP contribution is 2.34. The monoisotopic (exact) mass is 518 g/mol. The second kappa shape index (κ2) is 10.2. The maximum atomic E-state index is 13.1. The van der Waals surface area contributed by atoms with Gasteiger partial charge in [0, 0.05) is 18.1 Å². The summed E-state index contributed by atoms with van der Waals surface area (Å²) in [6.45, 7) is 0. The minimum Gasteiger partial charge on any atom is -0.208 e. The van der Waals surface area contributed by atoms with Crippen molar-refractivity contribution in [2.45, 2.75) is 12.1 Å². The van der Waals surface area contributed by atoms with Crippen LogP contribution in [-0.2, 0) is 0 Å². The minimum atomic E-state index is -5.23. The molecule has 5 rings (SSSR count). The molecule has 39 heavy (non-hydrogen) atoms. The molecular weight excluding hydrogens is 499 g/mol. The number of carbonyl (C=O) groups excluding carboxylic acids is 1. The number of carbonyl (C=O) groups is 1. The topological polar surface area (TPSA) is 68.5 Å². The first kappa shape index (κ1) is 25.4. The van der Waals surface area contributed by atoms with Gasteiger partial charge in [0.25, 0.3) is 11.4 Å². The summed E-state index contributed by atoms with van der Waals surface area (Å²) in [5.41, 5.74) is 3.20. The summed E-state index contributed by atoms with van der Waals surface area (Å²) < 4.78 is 39.3. The van der Waals surface area contributed by atoms with Gasteiger partial charge >= 0.3 is 12.1 Å². The van der Waals surface area contributed by atoms with Crippen LogP contribution in [-0.4, -0.2) is 12.1 Å². The maximum absolute atomic E-state index is 13.1. The molecule has 0 unspecified atom stereocenters. The van der Waals surface area contributed by atoms with Gasteiger partial charge in [0.15, 0.2) is 12.1 Å². The molecule has 0 aliphatic rings. The molecule has 0 saturated carbocycles. The summed E-state index contributed by atoms with van der Waals surface area (Å²) in [5, 5.41) is 20.8. The summed E-state index contributed by atoms with van der Waals surface area (Å²) in [5.74, 6) is -2.27. The van der Waals surface area contributed by atoms with E-state index in [9.17, 15) is 28.5 Å². The quantitative estimate of drug-likeness (QED) is 0.192. The van der Waals surface area contributed by atoms with Crippen molar-refractivity contribution in [3.63, 3.8) is 0 Å². The highest BCUT2D eigenvalue weighted by molar-refractivity contribution is 5.88. The van der Waals surface area contributed by atoms with Gasteiger partial charge in [0.2, 0.25) is 0 Å². The zero-order chi connectivity index (χ0) is 27.6. The van der Waals surface area contributed by atoms with E-state index in [0.717, 1.165) is 27.5 Å². The fourth-order valence-corrected chi connectivity index (χ4v) is 4.76. The first-order valence-corrected chi connectivity index (χ1v) is 12.0. The lowest BCUT2D eigenvalue weighted by Crippen LogP contribution is -2.55. The van der Waals surface area contributed by atoms with Crippen LogP contribution >= 0.6 is 0 Å². The number of hydrogen-bond acceptors (Lipinski definition) is 3. The van der Waals surface area contributed by atoms with Crippen LogP contribution in [0.1, 0.15) is 38.8 Å². The first-order valence-electron chi connectivity index (χ1n) is 12.0. The smallest absolute Gasteiger partial charge is 0.208 e. The molecule has 0 radical (unpaired) electrons. The highest BCUT2D eigenvalue weighted by Gasteiger charge is 2.50. The largest absolute Gasteiger partial charge is 0.521 e. The van der Waals surface area contributed by atoms with E-state index in [2.05, 4.69) is 30.3 Å². The number of pyridine rings is 1. The summed E-state index contributed by atoms with van der Waals surface area (Å²) >= 11 is 0. The third-order valence-electron chi connectivity index (χ3n) is 6.54. The van der Waals surface area contributed by atoms with Gasteiger partial charge < -0.3 is 0 Å². The van der Waals surface area contributed by atoms with Crippen molar-refractivity contribution in [1.82, 2.24) is 0 Å². The Balaban J connectivity index is 1.59. The molecule has 0 aliphatic carbocycles. The Morgan fingerprint density at radius 2 is 1.15 bits per heavy atom. The van der Waals surface area contributed by atoms with Gasteiger partial charge in [-0.15, -0.1) is 0 Å². The van der Waals surface area contributed by atoms with Crippen molar-refractivity contribution in [3.05, 3.63) is 137 Å². The fraction of sp³-hybridized carbons (Fsp3) is 0.0625. The number of aromatic nitrogens is 1. The zero-order valence-electron chi connectivity index (χ0n) is 20.4. The van der Waals surface area contributed by atoms with Crippen LogP contribution < -0.4 is 4.57 Å². The number of rotatable bonds is 4. The van der Waals surface area contributed by atoms with Crippen molar-refractivity contribution in [1.29, 1.82) is 10.5 Å². The van der Waals surface area contributed by atoms with Crippen molar-refractivity contribution >= 4 is 16.7 Å². The van der Waals surface area contributed by atoms with Crippen molar-refractivity contribution in [3.8, 4) is 23.3 Å². The number of halogens is 3. The van der Waals surface area contributed by atoms with E-state index in [4.69, 9.17) is 0 Å². The third-order valence-corrected chi connectivity index (χ3v) is 6.54. The SMILES string of the molecule is N#Cc1cc(-c2ccc3cc(C(c4ccccc4)c4ccccc4)ccc3c2)cc(C#N)[n+]1C(=O)C(F)(F)F. The van der Waals surface area contributed by atoms with Crippen LogP contribution in [0.25, 0.3) is 21.9 Å². The molecule has 4 aromatic carbocycles. The number of benzene rings is 4. The number of hydrogen-bond donors (Lipinski definition) is 0. The maximum Gasteiger partial charge on any atom is 0.521 e. The average molecular weight is 519 g/mol. The summed E-state index contributed by atoms with van der Waals surface area (Å²) in [4.78, 5) is 11.9. The summed E-state index contributed by atoms with van der Waals surface area (Å²) in [6.07, 6.45) is -5.23. The molecular formula is C32H19F3N3O+. The zero-order valence-corrected chi connectivity index (χ0v) is 20.4. The van der Waals surface area contributed by atoms with Crippen LogP contribution in [0.4, 0.5) is 13.2 Å². The first-order chi connectivity index (χ1) is 18.8. The standard InChI is InChI=1S/C32H19F3N3O/c33-32(34,35)31(39)38-28(19-36)17-27(18-29(38)20-37)25-12-11-24-16-26(14-13-23(24)15-25)30(21-7-3-1-4-8-21)22-9-5-2-6-10-22/h1-18,30H/q+1. The lowest BCUT2D eigenvalue weighted by molar-refractivity contribution is -0.591. The predicted octanol–water partition coefficient (Wildman–Crippen LogP) is 6.92. The van der Waals surface area contributed by atoms with Crippen LogP contribution in [0.15, 0.2) is 109 Å². The number of fused-ring (bicyclic) bond motifs is 1. The van der Waals surface area contributed by atoms with Gasteiger partial charge in [-0.1, -0.05) is 95.6 Å². The Hall–Kier alpha value is -5.27. The molecule has 1 heterocycles. The van der Waals surface area contributed by atoms with E-state index >= 15 is 0 Å². The average Bonchev–Trinajstić information content (AvgIpc) is 2.96. The van der Waals surface area contributed by atoms with Crippen LogP contribution in [0, 0.1) is 22.7 Å². The molecule has 188 valence electrons. The number of nitriles is 2. The number of alkyl halides is 3. The molecule has 0 N–H and O–H groups in total. The van der Waals surface area contributed by atoms with Gasteiger partial charge in [-0.3, -0.25) is 0 Å². The second-order valence-electron chi connectivity index (χ2n) is 8.95. The van der Waals surface area contributed by atoms with Gasteiger partial charge in [0.1, 0.15) is 0 Å². The van der Waals surface area contributed by atoms with E-state index in [1.165, 1.54) is 12.1 Å². The molecule has 0 spiro atoms. The summed E-state index contributed by atoms with van der Waals surface area (Å²) in [7, 11) is 0. The van der Waals surface area contributed by atoms with Crippen molar-refractivity contribution < 1.29 is 22.5 Å². The molecule has 0 atom stereocenters. The summed E-state index contributed by atoms with van der Waals surface area (Å²) in [6, 6.07) is 37.6. The van der Waals surface area contributed by atoms with Crippen LogP contribution in [0.3, 0.4) is 0 Å². The Labute approximate surface area is 222 Å². The Kier molecular flexibility index (Phi) is 6.66. The second-order valence-corrected chi connectivity index (χ2v) is 8.95. The van der Waals surface area contributed by atoms with E-state index in [0.29, 0.717) is 11.1 Å². The molecule has 4 nitrogen and oxygen atoms in total. The molecule has 1 aromatic heterocycles. The van der Waals surface area contributed by atoms with Gasteiger partial charge in [-0.25, -0.2) is 4.79 Å². The van der Waals surface area contributed by atoms with Crippen LogP contribution in [0.5, 0.6) is 0 Å². The normalized spacial score (nSPS) is 11.2. The van der Waals surface area contributed by atoms with Crippen LogP contribution in [0.2, 0.25) is 0 Å². The van der Waals surface area contributed by atoms with Gasteiger partial charge in [-0.2, -0.15) is 23.7 Å². The van der Waals surface area contributed by atoms with Crippen molar-refractivity contribution in [2.24, 2.45) is 0 Å². The predicted molar refractivity (Wildman–Crippen MR) is 140 cm³/mol. The lowest BCUT2D eigenvalue weighted by Gasteiger charge is -2.19. The molecule has 0 saturated heterocycles. The molecule has 0 amide bonds. The highest BCUT2D eigenvalue weighted by atomic mass is 19.4. The molecule has 0 fully saturated rings. The molecule has 7 heteroatoms. The molecule has 0 aliphatic heterocycles. The minimum absolute atomic E-state index is 0.0172. The van der Waals surface area contributed by atoms with Gasteiger partial charge in [0.05, 0.1) is 0 Å². The number of nitrogens with zero attached hydrogens (tertiary/aromatic N) is 3.